The number of carbonyl (C=O) groups excluding carboxylic acids is 2. The fraction of sp³-hybridized carbons (Fsp3) is 0.263. The predicted molar refractivity (Wildman–Crippen MR) is 92.9 cm³/mol. The van der Waals surface area contributed by atoms with Crippen LogP contribution in [-0.2, 0) is 4.79 Å². The van der Waals surface area contributed by atoms with Gasteiger partial charge in [0.1, 0.15) is 6.29 Å². The Bertz CT molecular complexity index is 727. The van der Waals surface area contributed by atoms with E-state index in [1.54, 1.807) is 25.1 Å². The molecule has 0 unspecified atom stereocenters. The van der Waals surface area contributed by atoms with Crippen LogP contribution in [0.5, 0.6) is 11.5 Å². The third kappa shape index (κ3) is 4.59. The maximum Gasteiger partial charge on any atom is 0.265 e. The molecule has 0 aliphatic rings. The number of hydrogen-bond acceptors (Lipinski definition) is 4. The molecule has 2 rings (SSSR count). The Morgan fingerprint density at radius 1 is 1.21 bits per heavy atom. The minimum atomic E-state index is -0.716. The van der Waals surface area contributed by atoms with Gasteiger partial charge in [0.25, 0.3) is 5.91 Å². The van der Waals surface area contributed by atoms with Crippen molar-refractivity contribution in [2.45, 2.75) is 26.9 Å². The molecule has 0 aliphatic carbocycles. The average molecular weight is 327 g/mol. The number of aldehydes is 1. The molecule has 0 spiro atoms. The molecule has 1 N–H and O–H groups in total. The van der Waals surface area contributed by atoms with Crippen LogP contribution in [0.25, 0.3) is 0 Å². The molecular weight excluding hydrogens is 306 g/mol. The first-order chi connectivity index (χ1) is 11.5. The van der Waals surface area contributed by atoms with Crippen molar-refractivity contribution in [3.05, 3.63) is 53.6 Å². The third-order valence-electron chi connectivity index (χ3n) is 3.36. The second-order valence-electron chi connectivity index (χ2n) is 5.38. The molecule has 0 fully saturated rings. The highest BCUT2D eigenvalue weighted by Crippen LogP contribution is 2.29. The quantitative estimate of drug-likeness (QED) is 0.789. The third-order valence-corrected chi connectivity index (χ3v) is 3.36. The van der Waals surface area contributed by atoms with Gasteiger partial charge < -0.3 is 14.8 Å². The highest BCUT2D eigenvalue weighted by Gasteiger charge is 2.17. The molecule has 5 nitrogen and oxygen atoms in total. The van der Waals surface area contributed by atoms with Gasteiger partial charge in [-0.1, -0.05) is 12.1 Å². The Kier molecular flexibility index (Phi) is 5.95. The molecule has 0 saturated carbocycles. The summed E-state index contributed by atoms with van der Waals surface area (Å²) in [5.41, 5.74) is 2.27. The zero-order valence-corrected chi connectivity index (χ0v) is 14.0. The first-order valence-corrected chi connectivity index (χ1v) is 7.79. The van der Waals surface area contributed by atoms with Gasteiger partial charge in [0, 0.05) is 11.3 Å². The zero-order chi connectivity index (χ0) is 17.5. The minimum absolute atomic E-state index is 0.262. The number of carbonyl (C=O) groups is 2. The van der Waals surface area contributed by atoms with Crippen molar-refractivity contribution in [3.8, 4) is 11.5 Å². The predicted octanol–water partition coefficient (Wildman–Crippen LogP) is 3.61. The first kappa shape index (κ1) is 17.5. The summed E-state index contributed by atoms with van der Waals surface area (Å²) in [6.07, 6.45) is 0.0204. The minimum Gasteiger partial charge on any atom is -0.490 e. The molecule has 0 aromatic heterocycles. The Hall–Kier alpha value is -2.82. The summed E-state index contributed by atoms with van der Waals surface area (Å²) in [5.74, 6) is 0.606. The number of hydrogen-bond donors (Lipinski definition) is 1. The first-order valence-electron chi connectivity index (χ1n) is 7.79. The fourth-order valence-electron chi connectivity index (χ4n) is 2.17. The molecule has 1 atom stereocenters. The van der Waals surface area contributed by atoms with E-state index in [-0.39, 0.29) is 5.91 Å². The van der Waals surface area contributed by atoms with E-state index in [0.29, 0.717) is 23.7 Å². The van der Waals surface area contributed by atoms with Gasteiger partial charge in [-0.25, -0.2) is 0 Å². The van der Waals surface area contributed by atoms with E-state index in [1.807, 2.05) is 38.1 Å². The lowest BCUT2D eigenvalue weighted by Gasteiger charge is -2.17. The lowest BCUT2D eigenvalue weighted by molar-refractivity contribution is -0.122. The van der Waals surface area contributed by atoms with E-state index in [1.165, 1.54) is 0 Å². The van der Waals surface area contributed by atoms with Gasteiger partial charge in [-0.3, -0.25) is 9.59 Å². The normalized spacial score (nSPS) is 11.5. The van der Waals surface area contributed by atoms with E-state index in [2.05, 4.69) is 5.32 Å². The maximum atomic E-state index is 12.3. The van der Waals surface area contributed by atoms with E-state index in [9.17, 15) is 9.59 Å². The molecular formula is C19H21NO4. The summed E-state index contributed by atoms with van der Waals surface area (Å²) >= 11 is 0. The standard InChI is InChI=1S/C19H21NO4/c1-4-23-18-11-15(12-21)8-9-17(18)24-14(3)19(22)20-16-7-5-6-13(2)10-16/h5-12,14H,4H2,1-3H3,(H,20,22)/t14-/m1/s1. The topological polar surface area (TPSA) is 64.6 Å². The average Bonchev–Trinajstić information content (AvgIpc) is 2.56. The van der Waals surface area contributed by atoms with Gasteiger partial charge in [0.2, 0.25) is 0 Å². The van der Waals surface area contributed by atoms with Crippen molar-refractivity contribution in [3.63, 3.8) is 0 Å². The van der Waals surface area contributed by atoms with E-state index < -0.39 is 6.10 Å². The van der Waals surface area contributed by atoms with Gasteiger partial charge in [0.15, 0.2) is 17.6 Å². The second-order valence-corrected chi connectivity index (χ2v) is 5.38. The summed E-state index contributed by atoms with van der Waals surface area (Å²) in [6, 6.07) is 12.4. The van der Waals surface area contributed by atoms with Crippen LogP contribution in [0.3, 0.4) is 0 Å². The van der Waals surface area contributed by atoms with Crippen molar-refractivity contribution in [2.75, 3.05) is 11.9 Å². The number of anilines is 1. The van der Waals surface area contributed by atoms with Gasteiger partial charge in [-0.2, -0.15) is 0 Å². The number of nitrogens with one attached hydrogen (secondary N) is 1. The van der Waals surface area contributed by atoms with Gasteiger partial charge in [-0.15, -0.1) is 0 Å². The lowest BCUT2D eigenvalue weighted by atomic mass is 10.2. The van der Waals surface area contributed by atoms with Gasteiger partial charge >= 0.3 is 0 Å². The number of aryl methyl sites for hydroxylation is 1. The van der Waals surface area contributed by atoms with Crippen LogP contribution in [0.15, 0.2) is 42.5 Å². The van der Waals surface area contributed by atoms with Crippen molar-refractivity contribution >= 4 is 17.9 Å². The number of amides is 1. The number of rotatable bonds is 7. The second kappa shape index (κ2) is 8.15. The highest BCUT2D eigenvalue weighted by molar-refractivity contribution is 5.94. The van der Waals surface area contributed by atoms with E-state index in [0.717, 1.165) is 17.5 Å². The van der Waals surface area contributed by atoms with Crippen LogP contribution >= 0.6 is 0 Å². The Morgan fingerprint density at radius 2 is 2.00 bits per heavy atom. The number of benzene rings is 2. The number of ether oxygens (including phenoxy) is 2. The molecule has 0 saturated heterocycles. The van der Waals surface area contributed by atoms with Crippen LogP contribution in [0, 0.1) is 6.92 Å². The molecule has 126 valence electrons. The van der Waals surface area contributed by atoms with Crippen LogP contribution in [0.1, 0.15) is 29.8 Å². The molecule has 5 heteroatoms. The van der Waals surface area contributed by atoms with Crippen molar-refractivity contribution < 1.29 is 19.1 Å². The smallest absolute Gasteiger partial charge is 0.265 e. The summed E-state index contributed by atoms with van der Waals surface area (Å²) in [7, 11) is 0. The Morgan fingerprint density at radius 3 is 2.67 bits per heavy atom. The largest absolute Gasteiger partial charge is 0.490 e. The van der Waals surface area contributed by atoms with E-state index in [4.69, 9.17) is 9.47 Å². The molecule has 0 heterocycles. The molecule has 2 aromatic carbocycles. The highest BCUT2D eigenvalue weighted by atomic mass is 16.5. The van der Waals surface area contributed by atoms with E-state index >= 15 is 0 Å². The monoisotopic (exact) mass is 327 g/mol. The summed E-state index contributed by atoms with van der Waals surface area (Å²) < 4.78 is 11.2. The SMILES string of the molecule is CCOc1cc(C=O)ccc1O[C@H](C)C(=O)Nc1cccc(C)c1. The molecule has 0 aliphatic heterocycles. The van der Waals surface area contributed by atoms with Crippen LogP contribution in [0.4, 0.5) is 5.69 Å². The zero-order valence-electron chi connectivity index (χ0n) is 14.0. The van der Waals surface area contributed by atoms with Gasteiger partial charge in [-0.05, 0) is 56.7 Å². The Balaban J connectivity index is 2.09. The molecule has 24 heavy (non-hydrogen) atoms. The summed E-state index contributed by atoms with van der Waals surface area (Å²) in [5, 5.41) is 2.82. The lowest BCUT2D eigenvalue weighted by Crippen LogP contribution is -2.30. The van der Waals surface area contributed by atoms with Crippen LogP contribution in [0.2, 0.25) is 0 Å². The van der Waals surface area contributed by atoms with Crippen molar-refractivity contribution in [2.24, 2.45) is 0 Å². The summed E-state index contributed by atoms with van der Waals surface area (Å²) in [6.45, 7) is 5.89. The maximum absolute atomic E-state index is 12.3. The molecule has 0 bridgehead atoms. The van der Waals surface area contributed by atoms with Crippen molar-refractivity contribution in [1.82, 2.24) is 0 Å². The summed E-state index contributed by atoms with van der Waals surface area (Å²) in [4.78, 5) is 23.2. The Labute approximate surface area is 141 Å². The molecule has 2 aromatic rings. The van der Waals surface area contributed by atoms with Gasteiger partial charge in [0.05, 0.1) is 6.61 Å². The fourth-order valence-corrected chi connectivity index (χ4v) is 2.17. The molecule has 0 radical (unpaired) electrons. The molecule has 1 amide bonds. The van der Waals surface area contributed by atoms with Crippen molar-refractivity contribution in [1.29, 1.82) is 0 Å². The van der Waals surface area contributed by atoms with Crippen LogP contribution < -0.4 is 14.8 Å². The van der Waals surface area contributed by atoms with Crippen LogP contribution in [-0.4, -0.2) is 24.9 Å².